The molecular weight excluding hydrogens is 238 g/mol. The van der Waals surface area contributed by atoms with Crippen molar-refractivity contribution in [2.75, 3.05) is 12.3 Å². The van der Waals surface area contributed by atoms with Gasteiger partial charge in [-0.05, 0) is 43.5 Å². The minimum Gasteiger partial charge on any atom is -0.399 e. The van der Waals surface area contributed by atoms with Crippen LogP contribution in [0.1, 0.15) is 19.3 Å². The van der Waals surface area contributed by atoms with Crippen molar-refractivity contribution in [3.05, 3.63) is 36.7 Å². The van der Waals surface area contributed by atoms with Gasteiger partial charge in [-0.3, -0.25) is 0 Å². The SMILES string of the molecule is Nc1ccc(-c2nccn2CCC2CCCO2)cc1. The van der Waals surface area contributed by atoms with E-state index >= 15 is 0 Å². The maximum absolute atomic E-state index is 5.72. The summed E-state index contributed by atoms with van der Waals surface area (Å²) in [6.07, 6.45) is 7.73. The number of anilines is 1. The average molecular weight is 257 g/mol. The quantitative estimate of drug-likeness (QED) is 0.857. The summed E-state index contributed by atoms with van der Waals surface area (Å²) in [5.74, 6) is 0.998. The van der Waals surface area contributed by atoms with Gasteiger partial charge in [0.05, 0.1) is 6.10 Å². The molecule has 1 saturated heterocycles. The fourth-order valence-corrected chi connectivity index (χ4v) is 2.54. The molecule has 2 heterocycles. The van der Waals surface area contributed by atoms with E-state index in [0.717, 1.165) is 36.6 Å². The van der Waals surface area contributed by atoms with Crippen LogP contribution in [-0.2, 0) is 11.3 Å². The van der Waals surface area contributed by atoms with Gasteiger partial charge in [-0.15, -0.1) is 0 Å². The van der Waals surface area contributed by atoms with Crippen LogP contribution in [0.2, 0.25) is 0 Å². The van der Waals surface area contributed by atoms with Crippen molar-refractivity contribution in [1.82, 2.24) is 9.55 Å². The summed E-state index contributed by atoms with van der Waals surface area (Å²) in [6, 6.07) is 7.85. The summed E-state index contributed by atoms with van der Waals surface area (Å²) in [6.45, 7) is 1.86. The Morgan fingerprint density at radius 3 is 2.89 bits per heavy atom. The molecule has 0 radical (unpaired) electrons. The number of imidazole rings is 1. The monoisotopic (exact) mass is 257 g/mol. The standard InChI is InChI=1S/C15H19N3O/c16-13-5-3-12(4-6-13)15-17-8-10-18(15)9-7-14-2-1-11-19-14/h3-6,8,10,14H,1-2,7,9,11,16H2. The molecular formula is C15H19N3O. The van der Waals surface area contributed by atoms with Gasteiger partial charge in [0.2, 0.25) is 0 Å². The lowest BCUT2D eigenvalue weighted by Crippen LogP contribution is -2.10. The number of hydrogen-bond donors (Lipinski definition) is 1. The van der Waals surface area contributed by atoms with Crippen LogP contribution in [-0.4, -0.2) is 22.3 Å². The van der Waals surface area contributed by atoms with Crippen molar-refractivity contribution in [2.45, 2.75) is 31.9 Å². The summed E-state index contributed by atoms with van der Waals surface area (Å²) >= 11 is 0. The third kappa shape index (κ3) is 2.79. The van der Waals surface area contributed by atoms with E-state index in [0.29, 0.717) is 6.10 Å². The zero-order valence-electron chi connectivity index (χ0n) is 11.0. The van der Waals surface area contributed by atoms with Crippen LogP contribution in [0.3, 0.4) is 0 Å². The maximum atomic E-state index is 5.72. The molecule has 1 aromatic carbocycles. The molecule has 1 aliphatic rings. The highest BCUT2D eigenvalue weighted by Crippen LogP contribution is 2.21. The molecule has 0 aliphatic carbocycles. The Labute approximate surface area is 113 Å². The second-order valence-corrected chi connectivity index (χ2v) is 4.99. The molecule has 1 aliphatic heterocycles. The van der Waals surface area contributed by atoms with Crippen LogP contribution in [0.4, 0.5) is 5.69 Å². The van der Waals surface area contributed by atoms with E-state index in [-0.39, 0.29) is 0 Å². The highest BCUT2D eigenvalue weighted by atomic mass is 16.5. The van der Waals surface area contributed by atoms with E-state index in [4.69, 9.17) is 10.5 Å². The first-order valence-corrected chi connectivity index (χ1v) is 6.81. The predicted molar refractivity (Wildman–Crippen MR) is 75.7 cm³/mol. The van der Waals surface area contributed by atoms with Crippen LogP contribution in [0.15, 0.2) is 36.7 Å². The maximum Gasteiger partial charge on any atom is 0.139 e. The van der Waals surface area contributed by atoms with E-state index in [9.17, 15) is 0 Å². The lowest BCUT2D eigenvalue weighted by molar-refractivity contribution is 0.100. The Morgan fingerprint density at radius 1 is 1.32 bits per heavy atom. The number of benzene rings is 1. The van der Waals surface area contributed by atoms with Crippen LogP contribution in [0.25, 0.3) is 11.4 Å². The van der Waals surface area contributed by atoms with Gasteiger partial charge in [0.25, 0.3) is 0 Å². The Bertz CT molecular complexity index is 527. The molecule has 1 aromatic heterocycles. The first kappa shape index (κ1) is 12.2. The first-order chi connectivity index (χ1) is 9.33. The van der Waals surface area contributed by atoms with Gasteiger partial charge in [0.15, 0.2) is 0 Å². The molecule has 0 bridgehead atoms. The minimum atomic E-state index is 0.418. The second-order valence-electron chi connectivity index (χ2n) is 4.99. The van der Waals surface area contributed by atoms with E-state index in [1.807, 2.05) is 36.7 Å². The number of nitrogen functional groups attached to an aromatic ring is 1. The zero-order chi connectivity index (χ0) is 13.1. The first-order valence-electron chi connectivity index (χ1n) is 6.81. The van der Waals surface area contributed by atoms with Gasteiger partial charge < -0.3 is 15.0 Å². The van der Waals surface area contributed by atoms with Gasteiger partial charge in [0, 0.05) is 36.8 Å². The number of aromatic nitrogens is 2. The molecule has 100 valence electrons. The highest BCUT2D eigenvalue weighted by Gasteiger charge is 2.16. The second kappa shape index (κ2) is 5.45. The van der Waals surface area contributed by atoms with E-state index < -0.39 is 0 Å². The summed E-state index contributed by atoms with van der Waals surface area (Å²) < 4.78 is 7.85. The Hall–Kier alpha value is -1.81. The van der Waals surface area contributed by atoms with Crippen LogP contribution < -0.4 is 5.73 Å². The number of rotatable bonds is 4. The highest BCUT2D eigenvalue weighted by molar-refractivity contribution is 5.59. The summed E-state index contributed by atoms with van der Waals surface area (Å²) in [4.78, 5) is 4.44. The predicted octanol–water partition coefficient (Wildman–Crippen LogP) is 2.70. The molecule has 3 rings (SSSR count). The van der Waals surface area contributed by atoms with Gasteiger partial charge in [0.1, 0.15) is 5.82 Å². The van der Waals surface area contributed by atoms with Crippen molar-refractivity contribution in [1.29, 1.82) is 0 Å². The molecule has 0 amide bonds. The molecule has 1 atom stereocenters. The van der Waals surface area contributed by atoms with Crippen LogP contribution >= 0.6 is 0 Å². The molecule has 2 aromatic rings. The smallest absolute Gasteiger partial charge is 0.139 e. The number of nitrogens with zero attached hydrogens (tertiary/aromatic N) is 2. The van der Waals surface area contributed by atoms with Crippen molar-refractivity contribution < 1.29 is 4.74 Å². The molecule has 4 nitrogen and oxygen atoms in total. The van der Waals surface area contributed by atoms with Crippen molar-refractivity contribution in [3.63, 3.8) is 0 Å². The molecule has 2 N–H and O–H groups in total. The van der Waals surface area contributed by atoms with Crippen molar-refractivity contribution in [3.8, 4) is 11.4 Å². The van der Waals surface area contributed by atoms with E-state index in [2.05, 4.69) is 9.55 Å². The molecule has 1 unspecified atom stereocenters. The Morgan fingerprint density at radius 2 is 2.16 bits per heavy atom. The molecule has 0 spiro atoms. The van der Waals surface area contributed by atoms with Gasteiger partial charge in [-0.25, -0.2) is 4.98 Å². The largest absolute Gasteiger partial charge is 0.399 e. The number of aryl methyl sites for hydroxylation is 1. The lowest BCUT2D eigenvalue weighted by Gasteiger charge is -2.12. The zero-order valence-corrected chi connectivity index (χ0v) is 11.0. The number of nitrogens with two attached hydrogens (primary N) is 1. The molecule has 4 heteroatoms. The van der Waals surface area contributed by atoms with Crippen LogP contribution in [0.5, 0.6) is 0 Å². The third-order valence-electron chi connectivity index (χ3n) is 3.60. The topological polar surface area (TPSA) is 53.1 Å². The van der Waals surface area contributed by atoms with Gasteiger partial charge >= 0.3 is 0 Å². The van der Waals surface area contributed by atoms with Gasteiger partial charge in [-0.2, -0.15) is 0 Å². The van der Waals surface area contributed by atoms with Crippen molar-refractivity contribution >= 4 is 5.69 Å². The number of hydrogen-bond acceptors (Lipinski definition) is 3. The molecule has 1 fully saturated rings. The van der Waals surface area contributed by atoms with Crippen LogP contribution in [0, 0.1) is 0 Å². The summed E-state index contributed by atoms with van der Waals surface area (Å²) in [5, 5.41) is 0. The fourth-order valence-electron chi connectivity index (χ4n) is 2.54. The fraction of sp³-hybridized carbons (Fsp3) is 0.400. The Kier molecular flexibility index (Phi) is 3.51. The lowest BCUT2D eigenvalue weighted by atomic mass is 10.1. The Balaban J connectivity index is 1.72. The van der Waals surface area contributed by atoms with Crippen molar-refractivity contribution in [2.24, 2.45) is 0 Å². The molecule has 0 saturated carbocycles. The molecule has 19 heavy (non-hydrogen) atoms. The minimum absolute atomic E-state index is 0.418. The number of ether oxygens (including phenoxy) is 1. The van der Waals surface area contributed by atoms with E-state index in [1.165, 1.54) is 12.8 Å². The average Bonchev–Trinajstić information content (AvgIpc) is 3.08. The van der Waals surface area contributed by atoms with E-state index in [1.54, 1.807) is 0 Å². The van der Waals surface area contributed by atoms with Gasteiger partial charge in [-0.1, -0.05) is 0 Å². The summed E-state index contributed by atoms with van der Waals surface area (Å²) in [7, 11) is 0. The summed E-state index contributed by atoms with van der Waals surface area (Å²) in [5.41, 5.74) is 7.60. The normalized spacial score (nSPS) is 18.8. The third-order valence-corrected chi connectivity index (χ3v) is 3.60.